The van der Waals surface area contributed by atoms with Crippen molar-refractivity contribution >= 4 is 56.8 Å². The van der Waals surface area contributed by atoms with Crippen molar-refractivity contribution in [2.45, 2.75) is 6.61 Å². The Bertz CT molecular complexity index is 884. The van der Waals surface area contributed by atoms with E-state index in [0.717, 1.165) is 4.47 Å². The highest BCUT2D eigenvalue weighted by Gasteiger charge is 2.20. The Hall–Kier alpha value is -1.96. The predicted octanol–water partition coefficient (Wildman–Crippen LogP) is 4.17. The second-order valence-electron chi connectivity index (χ2n) is 5.14. The fourth-order valence-electron chi connectivity index (χ4n) is 2.22. The molecule has 128 valence electrons. The van der Waals surface area contributed by atoms with E-state index in [1.54, 1.807) is 30.3 Å². The Morgan fingerprint density at radius 1 is 1.28 bits per heavy atom. The van der Waals surface area contributed by atoms with Crippen molar-refractivity contribution in [3.63, 3.8) is 0 Å². The molecule has 3 rings (SSSR count). The molecule has 0 unspecified atom stereocenters. The largest absolute Gasteiger partial charge is 0.488 e. The molecule has 2 N–H and O–H groups in total. The van der Waals surface area contributed by atoms with E-state index in [1.807, 2.05) is 0 Å². The first kappa shape index (κ1) is 17.8. The zero-order chi connectivity index (χ0) is 18.0. The van der Waals surface area contributed by atoms with Gasteiger partial charge in [0.2, 0.25) is 0 Å². The minimum absolute atomic E-state index is 0.0403. The summed E-state index contributed by atoms with van der Waals surface area (Å²) < 4.78 is 20.4. The van der Waals surface area contributed by atoms with Crippen LogP contribution in [0.3, 0.4) is 0 Å². The quantitative estimate of drug-likeness (QED) is 0.552. The highest BCUT2D eigenvalue weighted by atomic mass is 79.9. The molecule has 1 aliphatic rings. The Kier molecular flexibility index (Phi) is 5.36. The lowest BCUT2D eigenvalue weighted by molar-refractivity contribution is -0.115. The van der Waals surface area contributed by atoms with Crippen LogP contribution in [-0.4, -0.2) is 11.0 Å². The lowest BCUT2D eigenvalue weighted by Gasteiger charge is -2.12. The predicted molar refractivity (Wildman–Crippen MR) is 102 cm³/mol. The summed E-state index contributed by atoms with van der Waals surface area (Å²) in [5.74, 6) is -0.290. The maximum Gasteiger partial charge on any atom is 0.273 e. The summed E-state index contributed by atoms with van der Waals surface area (Å²) in [4.78, 5) is 11.8. The molecule has 0 aromatic heterocycles. The monoisotopic (exact) mass is 440 g/mol. The van der Waals surface area contributed by atoms with Gasteiger partial charge in [0.15, 0.2) is 5.11 Å². The summed E-state index contributed by atoms with van der Waals surface area (Å²) >= 11 is 14.3. The van der Waals surface area contributed by atoms with Crippen molar-refractivity contribution in [2.75, 3.05) is 0 Å². The first-order valence-electron chi connectivity index (χ1n) is 7.13. The fraction of sp³-hybridized carbons (Fsp3) is 0.0588. The van der Waals surface area contributed by atoms with Crippen LogP contribution in [0.4, 0.5) is 4.39 Å². The molecule has 0 radical (unpaired) electrons. The number of carbonyl (C=O) groups excluding carboxylic acids is 1. The number of nitrogens with one attached hydrogen (secondary N) is 2. The van der Waals surface area contributed by atoms with E-state index in [4.69, 9.17) is 28.6 Å². The van der Waals surface area contributed by atoms with Gasteiger partial charge in [-0.1, -0.05) is 33.6 Å². The molecule has 0 saturated carbocycles. The van der Waals surface area contributed by atoms with E-state index in [2.05, 4.69) is 26.6 Å². The summed E-state index contributed by atoms with van der Waals surface area (Å²) in [6, 6.07) is 9.74. The molecule has 0 bridgehead atoms. The van der Waals surface area contributed by atoms with Crippen molar-refractivity contribution in [2.24, 2.45) is 0 Å². The molecular weight excluding hydrogens is 431 g/mol. The molecule has 0 atom stereocenters. The van der Waals surface area contributed by atoms with Crippen LogP contribution in [0.1, 0.15) is 11.1 Å². The van der Waals surface area contributed by atoms with Gasteiger partial charge < -0.3 is 10.1 Å². The van der Waals surface area contributed by atoms with E-state index in [1.165, 1.54) is 12.1 Å². The molecule has 4 nitrogen and oxygen atoms in total. The molecule has 1 saturated heterocycles. The van der Waals surface area contributed by atoms with Gasteiger partial charge in [-0.15, -0.1) is 0 Å². The lowest BCUT2D eigenvalue weighted by Crippen LogP contribution is -2.21. The van der Waals surface area contributed by atoms with Crippen LogP contribution in [0.2, 0.25) is 5.02 Å². The zero-order valence-corrected chi connectivity index (χ0v) is 15.8. The molecule has 8 heteroatoms. The number of benzene rings is 2. The number of thiocarbonyl (C=S) groups is 1. The van der Waals surface area contributed by atoms with Crippen LogP contribution in [0.15, 0.2) is 46.6 Å². The molecule has 1 heterocycles. The first-order valence-corrected chi connectivity index (χ1v) is 8.71. The van der Waals surface area contributed by atoms with Crippen molar-refractivity contribution in [3.05, 3.63) is 68.5 Å². The number of ether oxygens (including phenoxy) is 1. The minimum Gasteiger partial charge on any atom is -0.488 e. The van der Waals surface area contributed by atoms with Gasteiger partial charge in [-0.3, -0.25) is 10.1 Å². The Labute approximate surface area is 162 Å². The van der Waals surface area contributed by atoms with Gasteiger partial charge in [0, 0.05) is 15.6 Å². The van der Waals surface area contributed by atoms with E-state index in [-0.39, 0.29) is 23.2 Å². The number of rotatable bonds is 4. The molecule has 2 aromatic rings. The van der Waals surface area contributed by atoms with Crippen LogP contribution in [0, 0.1) is 5.82 Å². The number of halogens is 3. The van der Waals surface area contributed by atoms with Crippen molar-refractivity contribution in [3.8, 4) is 5.75 Å². The van der Waals surface area contributed by atoms with Crippen LogP contribution in [-0.2, 0) is 11.4 Å². The Balaban J connectivity index is 1.88. The molecule has 2 aromatic carbocycles. The van der Waals surface area contributed by atoms with Crippen molar-refractivity contribution < 1.29 is 13.9 Å². The van der Waals surface area contributed by atoms with Gasteiger partial charge >= 0.3 is 0 Å². The third kappa shape index (κ3) is 4.18. The van der Waals surface area contributed by atoms with Crippen molar-refractivity contribution in [1.82, 2.24) is 10.6 Å². The minimum atomic E-state index is -0.438. The summed E-state index contributed by atoms with van der Waals surface area (Å²) in [6.07, 6.45) is 1.61. The van der Waals surface area contributed by atoms with E-state index < -0.39 is 5.82 Å². The van der Waals surface area contributed by atoms with Gasteiger partial charge in [-0.2, -0.15) is 0 Å². The van der Waals surface area contributed by atoms with Crippen LogP contribution in [0.25, 0.3) is 6.08 Å². The topological polar surface area (TPSA) is 50.4 Å². The lowest BCUT2D eigenvalue weighted by atomic mass is 10.1. The summed E-state index contributed by atoms with van der Waals surface area (Å²) in [5.41, 5.74) is 1.20. The molecule has 1 fully saturated rings. The average Bonchev–Trinajstić information content (AvgIpc) is 2.86. The van der Waals surface area contributed by atoms with Crippen LogP contribution < -0.4 is 15.4 Å². The summed E-state index contributed by atoms with van der Waals surface area (Å²) in [7, 11) is 0. The Morgan fingerprint density at radius 2 is 2.08 bits per heavy atom. The number of hydrogen-bond donors (Lipinski definition) is 2. The van der Waals surface area contributed by atoms with Gasteiger partial charge in [-0.25, -0.2) is 4.39 Å². The second-order valence-corrected chi connectivity index (χ2v) is 6.87. The molecule has 25 heavy (non-hydrogen) atoms. The molecule has 1 aliphatic heterocycles. The summed E-state index contributed by atoms with van der Waals surface area (Å²) in [5, 5.41) is 5.79. The second kappa shape index (κ2) is 7.51. The first-order chi connectivity index (χ1) is 11.9. The maximum absolute atomic E-state index is 13.9. The molecular formula is C17H11BrClFN2O2S. The van der Waals surface area contributed by atoms with Gasteiger partial charge in [0.05, 0.1) is 5.02 Å². The fourth-order valence-corrected chi connectivity index (χ4v) is 3.02. The van der Waals surface area contributed by atoms with Gasteiger partial charge in [0.1, 0.15) is 23.9 Å². The highest BCUT2D eigenvalue weighted by Crippen LogP contribution is 2.28. The average molecular weight is 442 g/mol. The Morgan fingerprint density at radius 3 is 2.76 bits per heavy atom. The van der Waals surface area contributed by atoms with Crippen LogP contribution in [0.5, 0.6) is 5.75 Å². The highest BCUT2D eigenvalue weighted by molar-refractivity contribution is 9.10. The maximum atomic E-state index is 13.9. The van der Waals surface area contributed by atoms with E-state index in [0.29, 0.717) is 22.0 Å². The zero-order valence-electron chi connectivity index (χ0n) is 12.6. The molecule has 0 aliphatic carbocycles. The van der Waals surface area contributed by atoms with Gasteiger partial charge in [0.25, 0.3) is 5.91 Å². The summed E-state index contributed by atoms with van der Waals surface area (Å²) in [6.45, 7) is -0.0403. The normalized spacial score (nSPS) is 15.2. The SMILES string of the molecule is O=C1NC(=S)N/C1=C/c1cc(Br)ccc1OCc1c(F)cccc1Cl. The smallest absolute Gasteiger partial charge is 0.273 e. The van der Waals surface area contributed by atoms with E-state index >= 15 is 0 Å². The van der Waals surface area contributed by atoms with Crippen molar-refractivity contribution in [1.29, 1.82) is 0 Å². The molecule has 1 amide bonds. The number of hydrogen-bond acceptors (Lipinski definition) is 3. The number of amides is 1. The third-order valence-corrected chi connectivity index (χ3v) is 4.48. The number of carbonyl (C=O) groups is 1. The van der Waals surface area contributed by atoms with E-state index in [9.17, 15) is 9.18 Å². The third-order valence-electron chi connectivity index (χ3n) is 3.43. The standard InChI is InChI=1S/C17H11BrClFN2O2S/c18-10-4-5-15(24-8-11-12(19)2-1-3-13(11)20)9(6-10)7-14-16(23)22-17(25)21-14/h1-7H,8H2,(H2,21,22,23,25)/b14-7+. The van der Waals surface area contributed by atoms with Crippen LogP contribution >= 0.6 is 39.7 Å². The van der Waals surface area contributed by atoms with Gasteiger partial charge in [-0.05, 0) is 48.6 Å². The molecule has 0 spiro atoms.